The summed E-state index contributed by atoms with van der Waals surface area (Å²) in [4.78, 5) is 0. The Balaban J connectivity index is 1.37. The van der Waals surface area contributed by atoms with Crippen molar-refractivity contribution in [3.63, 3.8) is 0 Å². The Hall–Kier alpha value is -2.54. The van der Waals surface area contributed by atoms with Gasteiger partial charge in [0.05, 0.1) is 13.2 Å². The first kappa shape index (κ1) is 30.4. The molecular formula is C28H28F8O4. The van der Waals surface area contributed by atoms with Gasteiger partial charge in [-0.25, -0.2) is 17.9 Å². The Morgan fingerprint density at radius 2 is 1.48 bits per heavy atom. The molecule has 0 amide bonds. The Kier molecular flexibility index (Phi) is 9.54. The molecular weight excluding hydrogens is 552 g/mol. The lowest BCUT2D eigenvalue weighted by atomic mass is 9.78. The SMILES string of the molecule is CCOC1COC(C2CCC(c3ccc(/C=C/c4cc(F)c(C(F)(F)OC(F)(F)F)c(F)c4)c(F)c3)CC2)OC1. The smallest absolute Gasteiger partial charge is 0.374 e. The predicted octanol–water partition coefficient (Wildman–Crippen LogP) is 7.91. The van der Waals surface area contributed by atoms with Crippen molar-refractivity contribution in [1.29, 1.82) is 0 Å². The summed E-state index contributed by atoms with van der Waals surface area (Å²) >= 11 is 0. The van der Waals surface area contributed by atoms with E-state index in [1.807, 2.05) is 6.92 Å². The van der Waals surface area contributed by atoms with Crippen molar-refractivity contribution in [2.45, 2.75) is 63.4 Å². The summed E-state index contributed by atoms with van der Waals surface area (Å²) in [5.74, 6) is -4.13. The maximum atomic E-state index is 14.8. The average Bonchev–Trinajstić information content (AvgIpc) is 2.87. The lowest BCUT2D eigenvalue weighted by molar-refractivity contribution is -0.432. The first-order valence-electron chi connectivity index (χ1n) is 12.8. The van der Waals surface area contributed by atoms with Crippen molar-refractivity contribution in [2.75, 3.05) is 19.8 Å². The minimum absolute atomic E-state index is 0.0619. The van der Waals surface area contributed by atoms with Crippen LogP contribution in [0.4, 0.5) is 35.1 Å². The zero-order valence-electron chi connectivity index (χ0n) is 21.5. The predicted molar refractivity (Wildman–Crippen MR) is 129 cm³/mol. The van der Waals surface area contributed by atoms with E-state index in [2.05, 4.69) is 4.74 Å². The largest absolute Gasteiger partial charge is 0.527 e. The van der Waals surface area contributed by atoms with Crippen molar-refractivity contribution >= 4 is 12.2 Å². The van der Waals surface area contributed by atoms with E-state index in [-0.39, 0.29) is 35.4 Å². The molecule has 4 rings (SSSR count). The van der Waals surface area contributed by atoms with Crippen LogP contribution in [0.3, 0.4) is 0 Å². The fourth-order valence-electron chi connectivity index (χ4n) is 5.11. The van der Waals surface area contributed by atoms with Gasteiger partial charge in [0, 0.05) is 18.1 Å². The molecule has 0 aromatic heterocycles. The maximum Gasteiger partial charge on any atom is 0.527 e. The summed E-state index contributed by atoms with van der Waals surface area (Å²) in [5, 5.41) is 0. The second-order valence-electron chi connectivity index (χ2n) is 9.76. The fraction of sp³-hybridized carbons (Fsp3) is 0.500. The molecule has 12 heteroatoms. The highest BCUT2D eigenvalue weighted by Gasteiger charge is 2.49. The van der Waals surface area contributed by atoms with Crippen molar-refractivity contribution in [1.82, 2.24) is 0 Å². The molecule has 0 bridgehead atoms. The highest BCUT2D eigenvalue weighted by Crippen LogP contribution is 2.40. The van der Waals surface area contributed by atoms with E-state index in [1.165, 1.54) is 18.2 Å². The van der Waals surface area contributed by atoms with Gasteiger partial charge >= 0.3 is 12.5 Å². The Labute approximate surface area is 225 Å². The van der Waals surface area contributed by atoms with E-state index in [0.29, 0.717) is 32.0 Å². The van der Waals surface area contributed by atoms with Crippen LogP contribution in [0, 0.1) is 23.4 Å². The van der Waals surface area contributed by atoms with Gasteiger partial charge in [-0.2, -0.15) is 8.78 Å². The van der Waals surface area contributed by atoms with E-state index in [1.54, 1.807) is 6.07 Å². The minimum atomic E-state index is -5.82. The van der Waals surface area contributed by atoms with E-state index >= 15 is 0 Å². The van der Waals surface area contributed by atoms with E-state index in [9.17, 15) is 35.1 Å². The van der Waals surface area contributed by atoms with Crippen LogP contribution in [0.2, 0.25) is 0 Å². The van der Waals surface area contributed by atoms with E-state index < -0.39 is 35.5 Å². The number of ether oxygens (including phenoxy) is 4. The second-order valence-corrected chi connectivity index (χ2v) is 9.76. The molecule has 0 spiro atoms. The summed E-state index contributed by atoms with van der Waals surface area (Å²) in [6.45, 7) is 3.48. The number of rotatable bonds is 8. The molecule has 2 aliphatic rings. The standard InChI is InChI=1S/C28H28F8O4/c1-2-37-21-14-38-26(39-15-21)19-8-5-17(6-9-19)20-10-7-18(22(29)13-20)4-3-16-11-23(30)25(24(31)12-16)27(32,33)40-28(34,35)36/h3-4,7,10-13,17,19,21,26H,2,5-6,8-9,14-15H2,1H3/b4-3+. The zero-order chi connectivity index (χ0) is 29.1. The highest BCUT2D eigenvalue weighted by molar-refractivity contribution is 5.70. The number of hydrogen-bond donors (Lipinski definition) is 0. The molecule has 1 saturated heterocycles. The number of hydrogen-bond acceptors (Lipinski definition) is 4. The molecule has 2 fully saturated rings. The van der Waals surface area contributed by atoms with Crippen LogP contribution in [-0.2, 0) is 25.1 Å². The van der Waals surface area contributed by atoms with Gasteiger partial charge in [0.15, 0.2) is 6.29 Å². The van der Waals surface area contributed by atoms with Crippen LogP contribution in [-0.4, -0.2) is 38.6 Å². The lowest BCUT2D eigenvalue weighted by Crippen LogP contribution is -2.41. The minimum Gasteiger partial charge on any atom is -0.374 e. The summed E-state index contributed by atoms with van der Waals surface area (Å²) in [6.07, 6.45) is -5.90. The van der Waals surface area contributed by atoms with Crippen molar-refractivity contribution in [2.24, 2.45) is 5.92 Å². The van der Waals surface area contributed by atoms with Gasteiger partial charge in [0.1, 0.15) is 29.1 Å². The van der Waals surface area contributed by atoms with Gasteiger partial charge in [-0.15, -0.1) is 13.2 Å². The quantitative estimate of drug-likeness (QED) is 0.235. The Morgan fingerprint density at radius 1 is 0.850 bits per heavy atom. The summed E-state index contributed by atoms with van der Waals surface area (Å²) in [6, 6.07) is 5.42. The van der Waals surface area contributed by atoms with Gasteiger partial charge in [-0.3, -0.25) is 0 Å². The van der Waals surface area contributed by atoms with Crippen molar-refractivity contribution in [3.8, 4) is 0 Å². The number of benzene rings is 2. The molecule has 1 aliphatic carbocycles. The maximum absolute atomic E-state index is 14.8. The van der Waals surface area contributed by atoms with Crippen molar-refractivity contribution in [3.05, 3.63) is 70.0 Å². The third kappa shape index (κ3) is 7.59. The fourth-order valence-corrected chi connectivity index (χ4v) is 5.11. The van der Waals surface area contributed by atoms with Crippen LogP contribution < -0.4 is 0 Å². The molecule has 0 atom stereocenters. The lowest BCUT2D eigenvalue weighted by Gasteiger charge is -2.37. The molecule has 2 aromatic carbocycles. The first-order chi connectivity index (χ1) is 18.9. The summed E-state index contributed by atoms with van der Waals surface area (Å²) in [7, 11) is 0. The van der Waals surface area contributed by atoms with Gasteiger partial charge in [0.25, 0.3) is 0 Å². The van der Waals surface area contributed by atoms with Crippen LogP contribution in [0.5, 0.6) is 0 Å². The van der Waals surface area contributed by atoms with E-state index in [0.717, 1.165) is 37.3 Å². The van der Waals surface area contributed by atoms with Crippen LogP contribution >= 0.6 is 0 Å². The third-order valence-electron chi connectivity index (χ3n) is 7.00. The number of alkyl halides is 5. The van der Waals surface area contributed by atoms with Crippen LogP contribution in [0.25, 0.3) is 12.2 Å². The molecule has 1 heterocycles. The molecule has 40 heavy (non-hydrogen) atoms. The Bertz CT molecular complexity index is 1160. The first-order valence-corrected chi connectivity index (χ1v) is 12.8. The molecule has 4 nitrogen and oxygen atoms in total. The summed E-state index contributed by atoms with van der Waals surface area (Å²) in [5.41, 5.74) is -1.61. The molecule has 0 radical (unpaired) electrons. The Morgan fingerprint density at radius 3 is 2.02 bits per heavy atom. The normalized spacial score (nSPS) is 24.5. The van der Waals surface area contributed by atoms with Crippen molar-refractivity contribution < 1.29 is 54.1 Å². The van der Waals surface area contributed by atoms with Crippen LogP contribution in [0.1, 0.15) is 60.8 Å². The molecule has 1 aliphatic heterocycles. The highest BCUT2D eigenvalue weighted by atomic mass is 19.4. The molecule has 0 N–H and O–H groups in total. The van der Waals surface area contributed by atoms with E-state index in [4.69, 9.17) is 14.2 Å². The summed E-state index contributed by atoms with van der Waals surface area (Å²) < 4.78 is 127. The molecule has 2 aromatic rings. The molecule has 1 saturated carbocycles. The van der Waals surface area contributed by atoms with Gasteiger partial charge in [0.2, 0.25) is 0 Å². The average molecular weight is 581 g/mol. The second kappa shape index (κ2) is 12.5. The van der Waals surface area contributed by atoms with Crippen LogP contribution in [0.15, 0.2) is 30.3 Å². The molecule has 0 unspecified atom stereocenters. The molecule has 220 valence electrons. The zero-order valence-corrected chi connectivity index (χ0v) is 21.5. The topological polar surface area (TPSA) is 36.9 Å². The third-order valence-corrected chi connectivity index (χ3v) is 7.00. The monoisotopic (exact) mass is 580 g/mol. The number of halogens is 8. The van der Waals surface area contributed by atoms with Gasteiger partial charge in [-0.05, 0) is 67.9 Å². The van der Waals surface area contributed by atoms with Gasteiger partial charge < -0.3 is 14.2 Å². The van der Waals surface area contributed by atoms with Gasteiger partial charge in [-0.1, -0.05) is 24.3 Å².